The van der Waals surface area contributed by atoms with Crippen molar-refractivity contribution in [2.45, 2.75) is 104 Å². The Balaban J connectivity index is 0.00000106. The molecule has 5 fully saturated rings. The van der Waals surface area contributed by atoms with Crippen LogP contribution in [0.25, 0.3) is 0 Å². The normalized spacial score (nSPS) is 50.3. The van der Waals surface area contributed by atoms with Crippen LogP contribution in [0.2, 0.25) is 0 Å². The van der Waals surface area contributed by atoms with Gasteiger partial charge in [0.1, 0.15) is 0 Å². The summed E-state index contributed by atoms with van der Waals surface area (Å²) in [5.41, 5.74) is 1.55. The van der Waals surface area contributed by atoms with Gasteiger partial charge < -0.3 is 9.47 Å². The van der Waals surface area contributed by atoms with Crippen LogP contribution >= 0.6 is 0 Å². The van der Waals surface area contributed by atoms with Crippen molar-refractivity contribution in [1.82, 2.24) is 0 Å². The molecule has 0 radical (unpaired) electrons. The van der Waals surface area contributed by atoms with E-state index in [9.17, 15) is 4.79 Å². The van der Waals surface area contributed by atoms with Gasteiger partial charge >= 0.3 is 5.97 Å². The van der Waals surface area contributed by atoms with E-state index in [-0.39, 0.29) is 5.97 Å². The van der Waals surface area contributed by atoms with E-state index in [0.29, 0.717) is 28.8 Å². The number of fused-ring (bicyclic) bond motifs is 4. The molecule has 0 aromatic carbocycles. The molecule has 0 heterocycles. The second-order valence-corrected chi connectivity index (χ2v) is 11.5. The number of methoxy groups -OCH3 is 2. The Bertz CT molecular complexity index is 646. The van der Waals surface area contributed by atoms with E-state index in [4.69, 9.17) is 9.47 Å². The lowest BCUT2D eigenvalue weighted by Crippen LogP contribution is -2.56. The first-order chi connectivity index (χ1) is 14.4. The van der Waals surface area contributed by atoms with Crippen molar-refractivity contribution in [3.8, 4) is 0 Å². The Morgan fingerprint density at radius 3 is 2.43 bits per heavy atom. The molecule has 30 heavy (non-hydrogen) atoms. The summed E-state index contributed by atoms with van der Waals surface area (Å²) >= 11 is 0. The molecule has 0 N–H and O–H groups in total. The molecule has 0 amide bonds. The third-order valence-corrected chi connectivity index (χ3v) is 11.2. The van der Waals surface area contributed by atoms with Gasteiger partial charge in [-0.25, -0.2) is 0 Å². The standard InChI is InChI=1S/C25H40O3.C2H6/c1-23-12-11-20-18(19(23)9-8-16(23)6-5-7-22(26)28-4)14-21(27-3)25-15-17(25)10-13-24(20,25)2;1-2/h16-21H,5-15H2,1-4H3;1-2H3. The van der Waals surface area contributed by atoms with Crippen LogP contribution in [0.15, 0.2) is 0 Å². The summed E-state index contributed by atoms with van der Waals surface area (Å²) < 4.78 is 11.1. The Morgan fingerprint density at radius 2 is 1.77 bits per heavy atom. The van der Waals surface area contributed by atoms with Gasteiger partial charge in [-0.15, -0.1) is 0 Å². The van der Waals surface area contributed by atoms with Crippen LogP contribution in [0.3, 0.4) is 0 Å². The molecule has 0 aliphatic heterocycles. The lowest BCUT2D eigenvalue weighted by molar-refractivity contribution is -0.159. The number of carbonyl (C=O) groups excluding carboxylic acids is 1. The SMILES string of the molecule is CC.COC(=O)CCCC1CCC2C3CC(OC)C45CC4CCC5(C)C3CCC12C. The van der Waals surface area contributed by atoms with E-state index in [1.807, 2.05) is 21.0 Å². The highest BCUT2D eigenvalue weighted by molar-refractivity contribution is 5.68. The summed E-state index contributed by atoms with van der Waals surface area (Å²) in [6.07, 6.45) is 14.6. The van der Waals surface area contributed by atoms with Gasteiger partial charge in [-0.2, -0.15) is 0 Å². The molecule has 0 aromatic rings. The predicted octanol–water partition coefficient (Wildman–Crippen LogP) is 6.64. The zero-order valence-corrected chi connectivity index (χ0v) is 20.5. The maximum atomic E-state index is 11.5. The Labute approximate surface area is 185 Å². The molecule has 3 nitrogen and oxygen atoms in total. The maximum Gasteiger partial charge on any atom is 0.305 e. The summed E-state index contributed by atoms with van der Waals surface area (Å²) in [6, 6.07) is 0. The van der Waals surface area contributed by atoms with Crippen LogP contribution in [-0.2, 0) is 14.3 Å². The lowest BCUT2D eigenvalue weighted by Gasteiger charge is -2.60. The minimum atomic E-state index is -0.0444. The highest BCUT2D eigenvalue weighted by Gasteiger charge is 2.77. The molecule has 0 saturated heterocycles. The molecule has 9 atom stereocenters. The smallest absolute Gasteiger partial charge is 0.305 e. The second-order valence-electron chi connectivity index (χ2n) is 11.5. The molecule has 0 aromatic heterocycles. The maximum absolute atomic E-state index is 11.5. The number of esters is 1. The number of ether oxygens (including phenoxy) is 2. The van der Waals surface area contributed by atoms with Crippen LogP contribution in [0, 0.1) is 45.8 Å². The average molecular weight is 419 g/mol. The highest BCUT2D eigenvalue weighted by atomic mass is 16.5. The quantitative estimate of drug-likeness (QED) is 0.469. The third-order valence-electron chi connectivity index (χ3n) is 11.2. The van der Waals surface area contributed by atoms with E-state index in [0.717, 1.165) is 36.0 Å². The molecule has 5 aliphatic carbocycles. The summed E-state index contributed by atoms with van der Waals surface area (Å²) in [5.74, 6) is 4.38. The van der Waals surface area contributed by atoms with Crippen LogP contribution in [-0.4, -0.2) is 26.3 Å². The molecule has 3 heteroatoms. The third kappa shape index (κ3) is 2.96. The first kappa shape index (κ1) is 22.6. The fourth-order valence-electron chi connectivity index (χ4n) is 9.76. The molecule has 0 bridgehead atoms. The van der Waals surface area contributed by atoms with Crippen molar-refractivity contribution in [1.29, 1.82) is 0 Å². The fourth-order valence-corrected chi connectivity index (χ4v) is 9.76. The van der Waals surface area contributed by atoms with Crippen molar-refractivity contribution in [2.75, 3.05) is 14.2 Å². The van der Waals surface area contributed by atoms with E-state index in [1.54, 1.807) is 0 Å². The molecule has 1 spiro atoms. The monoisotopic (exact) mass is 418 g/mol. The van der Waals surface area contributed by atoms with Gasteiger partial charge in [0.2, 0.25) is 0 Å². The molecule has 9 unspecified atom stereocenters. The molecule has 5 rings (SSSR count). The zero-order valence-electron chi connectivity index (χ0n) is 20.5. The summed E-state index contributed by atoms with van der Waals surface area (Å²) in [6.45, 7) is 9.26. The van der Waals surface area contributed by atoms with Gasteiger partial charge in [0.25, 0.3) is 0 Å². The summed E-state index contributed by atoms with van der Waals surface area (Å²) in [7, 11) is 3.49. The number of rotatable bonds is 5. The van der Waals surface area contributed by atoms with Gasteiger partial charge in [-0.1, -0.05) is 27.7 Å². The summed E-state index contributed by atoms with van der Waals surface area (Å²) in [4.78, 5) is 11.5. The lowest BCUT2D eigenvalue weighted by atomic mass is 9.45. The van der Waals surface area contributed by atoms with E-state index in [1.165, 1.54) is 64.9 Å². The van der Waals surface area contributed by atoms with E-state index in [2.05, 4.69) is 13.8 Å². The predicted molar refractivity (Wildman–Crippen MR) is 121 cm³/mol. The van der Waals surface area contributed by atoms with Crippen molar-refractivity contribution < 1.29 is 14.3 Å². The van der Waals surface area contributed by atoms with E-state index < -0.39 is 0 Å². The molecule has 5 aliphatic rings. The molecule has 5 saturated carbocycles. The topological polar surface area (TPSA) is 35.5 Å². The van der Waals surface area contributed by atoms with Gasteiger partial charge in [0.15, 0.2) is 0 Å². The van der Waals surface area contributed by atoms with Crippen molar-refractivity contribution in [3.63, 3.8) is 0 Å². The molecule has 172 valence electrons. The molecular weight excluding hydrogens is 372 g/mol. The highest BCUT2D eigenvalue weighted by Crippen LogP contribution is 2.82. The Hall–Kier alpha value is -0.570. The minimum absolute atomic E-state index is 0.0444. The average Bonchev–Trinajstić information content (AvgIpc) is 3.29. The van der Waals surface area contributed by atoms with Crippen LogP contribution in [0.4, 0.5) is 0 Å². The number of carbonyl (C=O) groups is 1. The largest absolute Gasteiger partial charge is 0.469 e. The van der Waals surface area contributed by atoms with Crippen molar-refractivity contribution in [3.05, 3.63) is 0 Å². The first-order valence-electron chi connectivity index (χ1n) is 13.0. The van der Waals surface area contributed by atoms with Crippen molar-refractivity contribution >= 4 is 5.97 Å². The van der Waals surface area contributed by atoms with E-state index >= 15 is 0 Å². The van der Waals surface area contributed by atoms with Gasteiger partial charge in [0, 0.05) is 18.9 Å². The van der Waals surface area contributed by atoms with Gasteiger partial charge in [0.05, 0.1) is 13.2 Å². The minimum Gasteiger partial charge on any atom is -0.469 e. The van der Waals surface area contributed by atoms with Crippen LogP contribution in [0.1, 0.15) is 98.3 Å². The van der Waals surface area contributed by atoms with Crippen LogP contribution in [0.5, 0.6) is 0 Å². The Kier molecular flexibility index (Phi) is 6.10. The summed E-state index contributed by atoms with van der Waals surface area (Å²) in [5, 5.41) is 0. The molecular formula is C27H46O3. The number of hydrogen-bond donors (Lipinski definition) is 0. The van der Waals surface area contributed by atoms with Crippen LogP contribution < -0.4 is 0 Å². The fraction of sp³-hybridized carbons (Fsp3) is 0.963. The van der Waals surface area contributed by atoms with Gasteiger partial charge in [-0.3, -0.25) is 4.79 Å². The zero-order chi connectivity index (χ0) is 21.7. The Morgan fingerprint density at radius 1 is 1.00 bits per heavy atom. The van der Waals surface area contributed by atoms with Crippen molar-refractivity contribution in [2.24, 2.45) is 45.8 Å². The number of hydrogen-bond acceptors (Lipinski definition) is 3. The first-order valence-corrected chi connectivity index (χ1v) is 13.0. The second kappa shape index (κ2) is 8.09. The van der Waals surface area contributed by atoms with Gasteiger partial charge in [-0.05, 0) is 105 Å².